The van der Waals surface area contributed by atoms with E-state index in [4.69, 9.17) is 10.4 Å². The molecule has 0 aliphatic rings. The molecular weight excluding hydrogens is 192 g/mol. The molecule has 4 heteroatoms. The average molecular weight is 204 g/mol. The Bertz CT molecular complexity index is 396. The number of carbonyl (C=O) groups is 1. The van der Waals surface area contributed by atoms with Crippen LogP contribution < -0.4 is 4.90 Å². The molecule has 0 radical (unpaired) electrons. The van der Waals surface area contributed by atoms with Crippen LogP contribution in [-0.2, 0) is 0 Å². The lowest BCUT2D eigenvalue weighted by Gasteiger charge is -2.19. The Morgan fingerprint density at radius 3 is 2.87 bits per heavy atom. The van der Waals surface area contributed by atoms with Crippen LogP contribution in [0.5, 0.6) is 0 Å². The van der Waals surface area contributed by atoms with E-state index >= 15 is 0 Å². The molecular formula is C11H12N2O2. The quantitative estimate of drug-likeness (QED) is 0.737. The van der Waals surface area contributed by atoms with Gasteiger partial charge in [-0.1, -0.05) is 0 Å². The van der Waals surface area contributed by atoms with E-state index in [2.05, 4.69) is 0 Å². The van der Waals surface area contributed by atoms with Crippen LogP contribution in [0.2, 0.25) is 0 Å². The normalized spacial score (nSPS) is 9.40. The van der Waals surface area contributed by atoms with Gasteiger partial charge in [0.05, 0.1) is 17.9 Å². The zero-order chi connectivity index (χ0) is 11.3. The smallest absolute Gasteiger partial charge is 0.150 e. The third kappa shape index (κ3) is 2.55. The maximum Gasteiger partial charge on any atom is 0.150 e. The molecule has 0 bridgehead atoms. The average Bonchev–Trinajstić information content (AvgIpc) is 2.28. The van der Waals surface area contributed by atoms with Gasteiger partial charge >= 0.3 is 0 Å². The molecule has 0 amide bonds. The number of carbonyl (C=O) groups excluding carboxylic acids is 1. The van der Waals surface area contributed by atoms with Gasteiger partial charge in [-0.15, -0.1) is 0 Å². The summed E-state index contributed by atoms with van der Waals surface area (Å²) in [5.41, 5.74) is 1.64. The molecule has 0 aliphatic carbocycles. The third-order valence-electron chi connectivity index (χ3n) is 2.12. The van der Waals surface area contributed by atoms with Crippen LogP contribution in [0.4, 0.5) is 5.69 Å². The van der Waals surface area contributed by atoms with Gasteiger partial charge in [-0.25, -0.2) is 0 Å². The predicted octanol–water partition coefficient (Wildman–Crippen LogP) is 0.799. The SMILES string of the molecule is CN(CCO)c1ccc(C=O)cc1C#N. The number of aliphatic hydroxyl groups excluding tert-OH is 1. The molecule has 1 aromatic rings. The number of aliphatic hydroxyl groups is 1. The lowest BCUT2D eigenvalue weighted by Crippen LogP contribution is -2.22. The van der Waals surface area contributed by atoms with Crippen molar-refractivity contribution >= 4 is 12.0 Å². The van der Waals surface area contributed by atoms with Crippen LogP contribution in [-0.4, -0.2) is 31.6 Å². The molecule has 0 aliphatic heterocycles. The Morgan fingerprint density at radius 1 is 1.60 bits per heavy atom. The van der Waals surface area contributed by atoms with Gasteiger partial charge in [-0.2, -0.15) is 5.26 Å². The summed E-state index contributed by atoms with van der Waals surface area (Å²) in [5.74, 6) is 0. The van der Waals surface area contributed by atoms with Gasteiger partial charge in [0.2, 0.25) is 0 Å². The highest BCUT2D eigenvalue weighted by molar-refractivity contribution is 5.78. The highest BCUT2D eigenvalue weighted by Gasteiger charge is 2.07. The minimum atomic E-state index is 0.0246. The maximum atomic E-state index is 10.5. The molecule has 0 unspecified atom stereocenters. The number of nitrogens with zero attached hydrogens (tertiary/aromatic N) is 2. The first-order valence-corrected chi connectivity index (χ1v) is 4.54. The van der Waals surface area contributed by atoms with Gasteiger partial charge in [0.1, 0.15) is 12.4 Å². The van der Waals surface area contributed by atoms with Crippen molar-refractivity contribution in [1.82, 2.24) is 0 Å². The molecule has 0 saturated carbocycles. The molecule has 1 N–H and O–H groups in total. The topological polar surface area (TPSA) is 64.3 Å². The summed E-state index contributed by atoms with van der Waals surface area (Å²) in [4.78, 5) is 12.3. The van der Waals surface area contributed by atoms with Gasteiger partial charge in [-0.05, 0) is 18.2 Å². The van der Waals surface area contributed by atoms with Crippen molar-refractivity contribution in [2.45, 2.75) is 0 Å². The first-order valence-electron chi connectivity index (χ1n) is 4.54. The molecule has 78 valence electrons. The molecule has 0 heterocycles. The van der Waals surface area contributed by atoms with Gasteiger partial charge in [0.15, 0.2) is 0 Å². The second-order valence-electron chi connectivity index (χ2n) is 3.15. The molecule has 1 rings (SSSR count). The molecule has 0 spiro atoms. The summed E-state index contributed by atoms with van der Waals surface area (Å²) >= 11 is 0. The van der Waals surface area contributed by atoms with Crippen molar-refractivity contribution in [1.29, 1.82) is 5.26 Å². The number of hydrogen-bond donors (Lipinski definition) is 1. The van der Waals surface area contributed by atoms with Crippen molar-refractivity contribution in [3.63, 3.8) is 0 Å². The molecule has 0 saturated heterocycles. The van der Waals surface area contributed by atoms with E-state index in [0.717, 1.165) is 5.69 Å². The molecule has 0 aromatic heterocycles. The molecule has 1 aromatic carbocycles. The van der Waals surface area contributed by atoms with E-state index in [1.54, 1.807) is 24.1 Å². The molecule has 0 fully saturated rings. The van der Waals surface area contributed by atoms with Crippen LogP contribution in [0.25, 0.3) is 0 Å². The lowest BCUT2D eigenvalue weighted by atomic mass is 10.1. The molecule has 15 heavy (non-hydrogen) atoms. The van der Waals surface area contributed by atoms with Gasteiger partial charge in [-0.3, -0.25) is 4.79 Å². The zero-order valence-electron chi connectivity index (χ0n) is 8.47. The Kier molecular flexibility index (Phi) is 3.83. The second-order valence-corrected chi connectivity index (χ2v) is 3.15. The van der Waals surface area contributed by atoms with E-state index < -0.39 is 0 Å². The fourth-order valence-corrected chi connectivity index (χ4v) is 1.32. The summed E-state index contributed by atoms with van der Waals surface area (Å²) in [6.07, 6.45) is 0.705. The maximum absolute atomic E-state index is 10.5. The number of benzene rings is 1. The first kappa shape index (κ1) is 11.2. The number of rotatable bonds is 4. The zero-order valence-corrected chi connectivity index (χ0v) is 8.47. The van der Waals surface area contributed by atoms with E-state index in [1.165, 1.54) is 6.07 Å². The highest BCUT2D eigenvalue weighted by atomic mass is 16.3. The van der Waals surface area contributed by atoms with E-state index in [-0.39, 0.29) is 6.61 Å². The van der Waals surface area contributed by atoms with Crippen LogP contribution in [0, 0.1) is 11.3 Å². The summed E-state index contributed by atoms with van der Waals surface area (Å²) in [7, 11) is 1.78. The van der Waals surface area contributed by atoms with Crippen molar-refractivity contribution in [2.75, 3.05) is 25.1 Å². The van der Waals surface area contributed by atoms with E-state index in [1.807, 2.05) is 6.07 Å². The van der Waals surface area contributed by atoms with Gasteiger partial charge in [0.25, 0.3) is 0 Å². The number of hydrogen-bond acceptors (Lipinski definition) is 4. The first-order chi connectivity index (χ1) is 7.22. The Labute approximate surface area is 88.4 Å². The number of nitriles is 1. The van der Waals surface area contributed by atoms with Gasteiger partial charge in [0, 0.05) is 19.2 Å². The van der Waals surface area contributed by atoms with Crippen molar-refractivity contribution in [2.24, 2.45) is 0 Å². The summed E-state index contributed by atoms with van der Waals surface area (Å²) in [6.45, 7) is 0.478. The molecule has 0 atom stereocenters. The largest absolute Gasteiger partial charge is 0.395 e. The molecule has 4 nitrogen and oxygen atoms in total. The minimum Gasteiger partial charge on any atom is -0.395 e. The Morgan fingerprint density at radius 2 is 2.33 bits per heavy atom. The highest BCUT2D eigenvalue weighted by Crippen LogP contribution is 2.19. The predicted molar refractivity (Wildman–Crippen MR) is 56.9 cm³/mol. The summed E-state index contributed by atoms with van der Waals surface area (Å²) in [5, 5.41) is 17.7. The van der Waals surface area contributed by atoms with Crippen LogP contribution in [0.15, 0.2) is 18.2 Å². The van der Waals surface area contributed by atoms with Gasteiger partial charge < -0.3 is 10.0 Å². The van der Waals surface area contributed by atoms with Crippen LogP contribution in [0.1, 0.15) is 15.9 Å². The van der Waals surface area contributed by atoms with E-state index in [9.17, 15) is 4.79 Å². The second kappa shape index (κ2) is 5.13. The minimum absolute atomic E-state index is 0.0246. The standard InChI is InChI=1S/C11H12N2O2/c1-13(4-5-14)11-3-2-9(8-15)6-10(11)7-12/h2-3,6,8,14H,4-5H2,1H3. The van der Waals surface area contributed by atoms with Crippen LogP contribution in [0.3, 0.4) is 0 Å². The monoisotopic (exact) mass is 204 g/mol. The number of aldehydes is 1. The van der Waals surface area contributed by atoms with Crippen LogP contribution >= 0.6 is 0 Å². The fourth-order valence-electron chi connectivity index (χ4n) is 1.32. The van der Waals surface area contributed by atoms with Crippen molar-refractivity contribution < 1.29 is 9.90 Å². The summed E-state index contributed by atoms with van der Waals surface area (Å²) in [6, 6.07) is 6.92. The van der Waals surface area contributed by atoms with E-state index in [0.29, 0.717) is 24.0 Å². The Balaban J connectivity index is 3.08. The Hall–Kier alpha value is -1.86. The lowest BCUT2D eigenvalue weighted by molar-refractivity contribution is 0.112. The number of anilines is 1. The number of likely N-dealkylation sites (N-methyl/N-ethyl adjacent to an activating group) is 1. The summed E-state index contributed by atoms with van der Waals surface area (Å²) < 4.78 is 0. The van der Waals surface area contributed by atoms with Crippen molar-refractivity contribution in [3.05, 3.63) is 29.3 Å². The fraction of sp³-hybridized carbons (Fsp3) is 0.273. The third-order valence-corrected chi connectivity index (χ3v) is 2.12. The van der Waals surface area contributed by atoms with Crippen molar-refractivity contribution in [3.8, 4) is 6.07 Å².